The Morgan fingerprint density at radius 1 is 1.04 bits per heavy atom. The number of ether oxygens (including phenoxy) is 1. The van der Waals surface area contributed by atoms with Gasteiger partial charge in [0, 0.05) is 23.3 Å². The molecule has 0 aliphatic carbocycles. The van der Waals surface area contributed by atoms with Crippen LogP contribution in [-0.4, -0.2) is 22.2 Å². The number of nitrogens with zero attached hydrogens (tertiary/aromatic N) is 2. The fourth-order valence-electron chi connectivity index (χ4n) is 2.23. The van der Waals surface area contributed by atoms with Crippen molar-refractivity contribution in [2.24, 2.45) is 5.73 Å². The van der Waals surface area contributed by atoms with Crippen molar-refractivity contribution in [3.05, 3.63) is 54.5 Å². The summed E-state index contributed by atoms with van der Waals surface area (Å²) in [5.74, 6) is -1.00. The van der Waals surface area contributed by atoms with Crippen LogP contribution in [0.15, 0.2) is 48.8 Å². The van der Waals surface area contributed by atoms with Gasteiger partial charge in [0.15, 0.2) is 0 Å². The fraction of sp³-hybridized carbons (Fsp3) is 0.0625. The van der Waals surface area contributed by atoms with Crippen molar-refractivity contribution in [1.29, 1.82) is 0 Å². The predicted molar refractivity (Wildman–Crippen MR) is 80.2 cm³/mol. The number of alkyl halides is 3. The number of hydrogen-bond acceptors (Lipinski definition) is 4. The first-order valence-corrected chi connectivity index (χ1v) is 6.74. The molecule has 1 amide bonds. The van der Waals surface area contributed by atoms with Crippen molar-refractivity contribution >= 4 is 16.8 Å². The van der Waals surface area contributed by atoms with Crippen molar-refractivity contribution in [3.63, 3.8) is 0 Å². The van der Waals surface area contributed by atoms with E-state index in [1.165, 1.54) is 36.5 Å². The summed E-state index contributed by atoms with van der Waals surface area (Å²) in [6.45, 7) is 0. The summed E-state index contributed by atoms with van der Waals surface area (Å²) in [5.41, 5.74) is 6.94. The summed E-state index contributed by atoms with van der Waals surface area (Å²) in [7, 11) is 0. The molecule has 0 aliphatic heterocycles. The number of aromatic nitrogens is 2. The van der Waals surface area contributed by atoms with Crippen LogP contribution in [0.2, 0.25) is 0 Å². The highest BCUT2D eigenvalue weighted by molar-refractivity contribution is 5.97. The van der Waals surface area contributed by atoms with Crippen LogP contribution in [-0.2, 0) is 0 Å². The second-order valence-electron chi connectivity index (χ2n) is 4.89. The van der Waals surface area contributed by atoms with Crippen LogP contribution in [0.4, 0.5) is 13.2 Å². The largest absolute Gasteiger partial charge is 0.573 e. The van der Waals surface area contributed by atoms with Crippen LogP contribution in [0.5, 0.6) is 5.75 Å². The Hall–Kier alpha value is -3.16. The molecule has 0 saturated carbocycles. The summed E-state index contributed by atoms with van der Waals surface area (Å²) in [6, 6.07) is 8.43. The highest BCUT2D eigenvalue weighted by Gasteiger charge is 2.31. The molecule has 24 heavy (non-hydrogen) atoms. The predicted octanol–water partition coefficient (Wildman–Crippen LogP) is 3.29. The number of nitrogens with two attached hydrogens (primary N) is 1. The van der Waals surface area contributed by atoms with Crippen molar-refractivity contribution in [2.75, 3.05) is 0 Å². The van der Waals surface area contributed by atoms with E-state index in [-0.39, 0.29) is 11.4 Å². The first-order chi connectivity index (χ1) is 11.3. The van der Waals surface area contributed by atoms with E-state index < -0.39 is 12.3 Å². The van der Waals surface area contributed by atoms with Gasteiger partial charge in [0.2, 0.25) is 0 Å². The molecular weight excluding hydrogens is 323 g/mol. The van der Waals surface area contributed by atoms with E-state index in [4.69, 9.17) is 5.73 Å². The van der Waals surface area contributed by atoms with E-state index >= 15 is 0 Å². The van der Waals surface area contributed by atoms with Gasteiger partial charge in [-0.1, -0.05) is 12.1 Å². The molecule has 0 unspecified atom stereocenters. The average Bonchev–Trinajstić information content (AvgIpc) is 2.53. The third-order valence-corrected chi connectivity index (χ3v) is 3.25. The Morgan fingerprint density at radius 2 is 1.75 bits per heavy atom. The van der Waals surface area contributed by atoms with Gasteiger partial charge in [-0.2, -0.15) is 0 Å². The zero-order valence-electron chi connectivity index (χ0n) is 12.0. The van der Waals surface area contributed by atoms with Gasteiger partial charge in [-0.05, 0) is 29.8 Å². The second-order valence-corrected chi connectivity index (χ2v) is 4.89. The Morgan fingerprint density at radius 3 is 2.38 bits per heavy atom. The molecule has 3 rings (SSSR count). The number of rotatable bonds is 3. The maximum Gasteiger partial charge on any atom is 0.573 e. The van der Waals surface area contributed by atoms with Gasteiger partial charge in [-0.25, -0.2) is 4.98 Å². The van der Waals surface area contributed by atoms with Crippen molar-refractivity contribution in [2.45, 2.75) is 6.36 Å². The van der Waals surface area contributed by atoms with Crippen LogP contribution in [0.1, 0.15) is 10.5 Å². The number of pyridine rings is 2. The third kappa shape index (κ3) is 3.27. The lowest BCUT2D eigenvalue weighted by atomic mass is 10.0. The van der Waals surface area contributed by atoms with Gasteiger partial charge < -0.3 is 10.5 Å². The molecule has 122 valence electrons. The van der Waals surface area contributed by atoms with Gasteiger partial charge in [0.05, 0.1) is 5.52 Å². The van der Waals surface area contributed by atoms with Gasteiger partial charge in [-0.3, -0.25) is 9.78 Å². The summed E-state index contributed by atoms with van der Waals surface area (Å²) < 4.78 is 40.5. The zero-order chi connectivity index (χ0) is 17.3. The average molecular weight is 333 g/mol. The minimum Gasteiger partial charge on any atom is -0.406 e. The molecule has 1 aromatic carbocycles. The number of benzene rings is 1. The topological polar surface area (TPSA) is 78.1 Å². The maximum absolute atomic E-state index is 12.2. The first kappa shape index (κ1) is 15.7. The molecule has 8 heteroatoms. The minimum absolute atomic E-state index is 0.0898. The van der Waals surface area contributed by atoms with E-state index in [9.17, 15) is 18.0 Å². The molecular formula is C16H10F3N3O2. The first-order valence-electron chi connectivity index (χ1n) is 6.74. The molecule has 3 aromatic rings. The molecule has 0 fully saturated rings. The van der Waals surface area contributed by atoms with E-state index in [1.54, 1.807) is 12.3 Å². The lowest BCUT2D eigenvalue weighted by molar-refractivity contribution is -0.274. The number of carbonyl (C=O) groups is 1. The number of hydrogen-bond donors (Lipinski definition) is 1. The molecule has 0 aliphatic rings. The van der Waals surface area contributed by atoms with E-state index in [2.05, 4.69) is 14.7 Å². The van der Waals surface area contributed by atoms with E-state index in [0.29, 0.717) is 22.0 Å². The standard InChI is InChI=1S/C16H10F3N3O2/c17-16(18,19)24-11-4-1-9(2-5-11)12-8-21-7-10-3-6-13(15(20)23)22-14(10)12/h1-8H,(H2,20,23). The maximum atomic E-state index is 12.2. The van der Waals surface area contributed by atoms with Crippen LogP contribution in [0, 0.1) is 0 Å². The van der Waals surface area contributed by atoms with Crippen molar-refractivity contribution in [3.8, 4) is 16.9 Å². The zero-order valence-corrected chi connectivity index (χ0v) is 12.0. The molecule has 2 aromatic heterocycles. The smallest absolute Gasteiger partial charge is 0.406 e. The summed E-state index contributed by atoms with van der Waals surface area (Å²) in [5, 5.41) is 0.674. The number of primary amides is 1. The van der Waals surface area contributed by atoms with Crippen LogP contribution < -0.4 is 10.5 Å². The number of carbonyl (C=O) groups excluding carboxylic acids is 1. The molecule has 5 nitrogen and oxygen atoms in total. The van der Waals surface area contributed by atoms with E-state index in [0.717, 1.165) is 0 Å². The fourth-order valence-corrected chi connectivity index (χ4v) is 2.23. The quantitative estimate of drug-likeness (QED) is 0.798. The summed E-state index contributed by atoms with van der Waals surface area (Å²) >= 11 is 0. The third-order valence-electron chi connectivity index (χ3n) is 3.25. The highest BCUT2D eigenvalue weighted by Crippen LogP contribution is 2.29. The summed E-state index contributed by atoms with van der Waals surface area (Å²) in [6.07, 6.45) is -1.67. The molecule has 0 atom stereocenters. The van der Waals surface area contributed by atoms with Crippen molar-refractivity contribution < 1.29 is 22.7 Å². The lowest BCUT2D eigenvalue weighted by Gasteiger charge is -2.10. The summed E-state index contributed by atoms with van der Waals surface area (Å²) in [4.78, 5) is 19.6. The molecule has 0 spiro atoms. The van der Waals surface area contributed by atoms with E-state index in [1.807, 2.05) is 0 Å². The SMILES string of the molecule is NC(=O)c1ccc2cncc(-c3ccc(OC(F)(F)F)cc3)c2n1. The van der Waals surface area contributed by atoms with Gasteiger partial charge >= 0.3 is 6.36 Å². The van der Waals surface area contributed by atoms with Gasteiger partial charge in [0.25, 0.3) is 5.91 Å². The number of halogens is 3. The number of fused-ring (bicyclic) bond motifs is 1. The van der Waals surface area contributed by atoms with Gasteiger partial charge in [-0.15, -0.1) is 13.2 Å². The van der Waals surface area contributed by atoms with Gasteiger partial charge in [0.1, 0.15) is 11.4 Å². The Labute approximate surface area is 133 Å². The lowest BCUT2D eigenvalue weighted by Crippen LogP contribution is -2.16. The van der Waals surface area contributed by atoms with Crippen LogP contribution in [0.3, 0.4) is 0 Å². The number of amides is 1. The Bertz CT molecular complexity index is 909. The molecule has 2 heterocycles. The minimum atomic E-state index is -4.75. The van der Waals surface area contributed by atoms with Crippen LogP contribution in [0.25, 0.3) is 22.0 Å². The second kappa shape index (κ2) is 5.80. The normalized spacial score (nSPS) is 11.5. The Kier molecular flexibility index (Phi) is 3.80. The molecule has 0 radical (unpaired) electrons. The Balaban J connectivity index is 2.05. The highest BCUT2D eigenvalue weighted by atomic mass is 19.4. The molecule has 2 N–H and O–H groups in total. The van der Waals surface area contributed by atoms with Crippen LogP contribution >= 0.6 is 0 Å². The molecule has 0 bridgehead atoms. The van der Waals surface area contributed by atoms with Crippen molar-refractivity contribution in [1.82, 2.24) is 9.97 Å². The monoisotopic (exact) mass is 333 g/mol. The molecule has 0 saturated heterocycles.